The molecule has 0 radical (unpaired) electrons. The minimum atomic E-state index is -0.262. The molecule has 1 aliphatic rings. The highest BCUT2D eigenvalue weighted by Gasteiger charge is 2.34. The van der Waals surface area contributed by atoms with E-state index in [2.05, 4.69) is 4.98 Å². The van der Waals surface area contributed by atoms with Crippen molar-refractivity contribution in [2.75, 3.05) is 6.54 Å². The number of nitrogens with zero attached hydrogens (tertiary/aromatic N) is 2. The zero-order chi connectivity index (χ0) is 13.9. The van der Waals surface area contributed by atoms with Crippen LogP contribution < -0.4 is 0 Å². The van der Waals surface area contributed by atoms with Crippen LogP contribution in [0, 0.1) is 0 Å². The van der Waals surface area contributed by atoms with E-state index in [1.54, 1.807) is 18.3 Å². The van der Waals surface area contributed by atoms with E-state index >= 15 is 0 Å². The van der Waals surface area contributed by atoms with Gasteiger partial charge in [-0.2, -0.15) is 0 Å². The lowest BCUT2D eigenvalue weighted by Crippen LogP contribution is -2.32. The summed E-state index contributed by atoms with van der Waals surface area (Å²) in [7, 11) is 0. The van der Waals surface area contributed by atoms with Gasteiger partial charge in [-0.1, -0.05) is 30.3 Å². The number of amides is 2. The molecular weight excluding hydrogens is 252 g/mol. The van der Waals surface area contributed by atoms with Crippen molar-refractivity contribution in [3.63, 3.8) is 0 Å². The Morgan fingerprint density at radius 3 is 2.65 bits per heavy atom. The Labute approximate surface area is 117 Å². The highest BCUT2D eigenvalue weighted by Crippen LogP contribution is 2.28. The summed E-state index contributed by atoms with van der Waals surface area (Å²) in [6.45, 7) is 0.441. The Morgan fingerprint density at radius 2 is 1.95 bits per heavy atom. The van der Waals surface area contributed by atoms with E-state index in [9.17, 15) is 9.59 Å². The Kier molecular flexibility index (Phi) is 3.29. The summed E-state index contributed by atoms with van der Waals surface area (Å²) < 4.78 is 0. The van der Waals surface area contributed by atoms with Gasteiger partial charge in [-0.05, 0) is 17.7 Å². The molecule has 20 heavy (non-hydrogen) atoms. The highest BCUT2D eigenvalue weighted by atomic mass is 16.2. The fourth-order valence-corrected chi connectivity index (χ4v) is 2.50. The molecule has 0 saturated carbocycles. The molecule has 4 nitrogen and oxygen atoms in total. The topological polar surface area (TPSA) is 50.3 Å². The predicted molar refractivity (Wildman–Crippen MR) is 74.1 cm³/mol. The first-order valence-electron chi connectivity index (χ1n) is 6.55. The second-order valence-corrected chi connectivity index (χ2v) is 4.86. The molecule has 1 saturated heterocycles. The maximum atomic E-state index is 12.3. The number of aromatic nitrogens is 1. The third-order valence-electron chi connectivity index (χ3n) is 3.55. The van der Waals surface area contributed by atoms with Crippen LogP contribution in [-0.4, -0.2) is 28.2 Å². The number of likely N-dealkylation sites (tertiary alicyclic amines) is 1. The standard InChI is InChI=1S/C16H14N2O2/c19-15-9-14(12-5-2-1-3-6-12)11-18(15)16(20)13-7-4-8-17-10-13/h1-8,10,14H,9,11H2/t14-/m0/s1. The molecule has 2 heterocycles. The molecule has 0 bridgehead atoms. The van der Waals surface area contributed by atoms with Crippen molar-refractivity contribution in [3.8, 4) is 0 Å². The molecule has 0 N–H and O–H groups in total. The van der Waals surface area contributed by atoms with Gasteiger partial charge in [0.25, 0.3) is 5.91 Å². The maximum absolute atomic E-state index is 12.3. The number of hydrogen-bond acceptors (Lipinski definition) is 3. The summed E-state index contributed by atoms with van der Waals surface area (Å²) in [5.41, 5.74) is 1.55. The average Bonchev–Trinajstić information content (AvgIpc) is 2.90. The predicted octanol–water partition coefficient (Wildman–Crippen LogP) is 2.24. The van der Waals surface area contributed by atoms with Crippen molar-refractivity contribution in [2.24, 2.45) is 0 Å². The molecule has 1 aromatic carbocycles. The van der Waals surface area contributed by atoms with Crippen LogP contribution in [-0.2, 0) is 4.79 Å². The van der Waals surface area contributed by atoms with Crippen LogP contribution in [0.25, 0.3) is 0 Å². The van der Waals surface area contributed by atoms with E-state index in [4.69, 9.17) is 0 Å². The van der Waals surface area contributed by atoms with Crippen LogP contribution in [0.2, 0.25) is 0 Å². The van der Waals surface area contributed by atoms with E-state index in [1.165, 1.54) is 11.1 Å². The first-order chi connectivity index (χ1) is 9.75. The lowest BCUT2D eigenvalue weighted by Gasteiger charge is -2.14. The summed E-state index contributed by atoms with van der Waals surface area (Å²) in [6.07, 6.45) is 3.48. The fraction of sp³-hybridized carbons (Fsp3) is 0.188. The van der Waals surface area contributed by atoms with Crippen molar-refractivity contribution in [1.82, 2.24) is 9.88 Å². The Balaban J connectivity index is 1.80. The van der Waals surface area contributed by atoms with E-state index in [0.717, 1.165) is 5.56 Å². The van der Waals surface area contributed by atoms with Gasteiger partial charge in [-0.25, -0.2) is 0 Å². The van der Waals surface area contributed by atoms with E-state index in [-0.39, 0.29) is 17.7 Å². The van der Waals surface area contributed by atoms with Gasteiger partial charge in [0.15, 0.2) is 0 Å². The molecule has 2 aromatic rings. The molecule has 0 aliphatic carbocycles. The first-order valence-corrected chi connectivity index (χ1v) is 6.55. The number of carbonyl (C=O) groups is 2. The normalized spacial score (nSPS) is 18.3. The molecular formula is C16H14N2O2. The van der Waals surface area contributed by atoms with Crippen LogP contribution in [0.4, 0.5) is 0 Å². The largest absolute Gasteiger partial charge is 0.278 e. The lowest BCUT2D eigenvalue weighted by atomic mass is 9.98. The van der Waals surface area contributed by atoms with Gasteiger partial charge in [-0.15, -0.1) is 0 Å². The number of hydrogen-bond donors (Lipinski definition) is 0. The molecule has 0 unspecified atom stereocenters. The molecule has 1 aromatic heterocycles. The highest BCUT2D eigenvalue weighted by molar-refractivity contribution is 6.05. The van der Waals surface area contributed by atoms with Crippen LogP contribution in [0.5, 0.6) is 0 Å². The zero-order valence-electron chi connectivity index (χ0n) is 10.9. The van der Waals surface area contributed by atoms with E-state index < -0.39 is 0 Å². The molecule has 1 aliphatic heterocycles. The average molecular weight is 266 g/mol. The number of pyridine rings is 1. The molecule has 2 amide bonds. The molecule has 0 spiro atoms. The van der Waals surface area contributed by atoms with Crippen LogP contribution in [0.1, 0.15) is 28.3 Å². The summed E-state index contributed by atoms with van der Waals surface area (Å²) in [4.78, 5) is 29.6. The third kappa shape index (κ3) is 2.32. The van der Waals surface area contributed by atoms with Crippen molar-refractivity contribution in [2.45, 2.75) is 12.3 Å². The van der Waals surface area contributed by atoms with Crippen molar-refractivity contribution in [1.29, 1.82) is 0 Å². The molecule has 1 atom stereocenters. The quantitative estimate of drug-likeness (QED) is 0.783. The second kappa shape index (κ2) is 5.25. The zero-order valence-corrected chi connectivity index (χ0v) is 10.9. The van der Waals surface area contributed by atoms with Gasteiger partial charge in [0.1, 0.15) is 0 Å². The summed E-state index contributed by atoms with van der Waals surface area (Å²) in [6, 6.07) is 13.2. The number of imide groups is 1. The maximum Gasteiger partial charge on any atom is 0.262 e. The van der Waals surface area contributed by atoms with Gasteiger partial charge in [0.05, 0.1) is 5.56 Å². The van der Waals surface area contributed by atoms with Gasteiger partial charge in [-0.3, -0.25) is 19.5 Å². The Bertz CT molecular complexity index is 625. The Morgan fingerprint density at radius 1 is 1.15 bits per heavy atom. The summed E-state index contributed by atoms with van der Waals surface area (Å²) in [5.74, 6) is -0.293. The van der Waals surface area contributed by atoms with Gasteiger partial charge >= 0.3 is 0 Å². The van der Waals surface area contributed by atoms with Gasteiger partial charge < -0.3 is 0 Å². The number of rotatable bonds is 2. The summed E-state index contributed by atoms with van der Waals surface area (Å²) in [5, 5.41) is 0. The SMILES string of the molecule is O=C1C[C@H](c2ccccc2)CN1C(=O)c1cccnc1. The van der Waals surface area contributed by atoms with E-state index in [0.29, 0.717) is 18.5 Å². The Hall–Kier alpha value is -2.49. The lowest BCUT2D eigenvalue weighted by molar-refractivity contribution is -0.125. The third-order valence-corrected chi connectivity index (χ3v) is 3.55. The van der Waals surface area contributed by atoms with E-state index in [1.807, 2.05) is 30.3 Å². The van der Waals surface area contributed by atoms with Crippen molar-refractivity contribution in [3.05, 3.63) is 66.0 Å². The second-order valence-electron chi connectivity index (χ2n) is 4.86. The van der Waals surface area contributed by atoms with Crippen LogP contribution >= 0.6 is 0 Å². The van der Waals surface area contributed by atoms with Crippen LogP contribution in [0.15, 0.2) is 54.9 Å². The van der Waals surface area contributed by atoms with Gasteiger partial charge in [0.2, 0.25) is 5.91 Å². The van der Waals surface area contributed by atoms with Crippen molar-refractivity contribution < 1.29 is 9.59 Å². The number of benzene rings is 1. The van der Waals surface area contributed by atoms with Crippen LogP contribution in [0.3, 0.4) is 0 Å². The fourth-order valence-electron chi connectivity index (χ4n) is 2.50. The molecule has 1 fully saturated rings. The smallest absolute Gasteiger partial charge is 0.262 e. The first kappa shape index (κ1) is 12.5. The minimum Gasteiger partial charge on any atom is -0.278 e. The molecule has 100 valence electrons. The monoisotopic (exact) mass is 266 g/mol. The summed E-state index contributed by atoms with van der Waals surface area (Å²) >= 11 is 0. The number of carbonyl (C=O) groups excluding carboxylic acids is 2. The van der Waals surface area contributed by atoms with Crippen molar-refractivity contribution >= 4 is 11.8 Å². The minimum absolute atomic E-state index is 0.0873. The molecule has 3 rings (SSSR count). The van der Waals surface area contributed by atoms with Gasteiger partial charge in [0, 0.05) is 31.3 Å². The molecule has 4 heteroatoms.